The molecule has 0 unspecified atom stereocenters. The zero-order valence-corrected chi connectivity index (χ0v) is 26.1. The highest BCUT2D eigenvalue weighted by molar-refractivity contribution is 5.73. The summed E-state index contributed by atoms with van der Waals surface area (Å²) in [6, 6.07) is 0. The second kappa shape index (κ2) is 23.4. The maximum absolute atomic E-state index is 12.8. The third kappa shape index (κ3) is 16.9. The van der Waals surface area contributed by atoms with Crippen LogP contribution in [0.15, 0.2) is 0 Å². The molecule has 0 bridgehead atoms. The van der Waals surface area contributed by atoms with Crippen molar-refractivity contribution in [3.63, 3.8) is 0 Å². The molecule has 0 aliphatic carbocycles. The van der Waals surface area contributed by atoms with Crippen molar-refractivity contribution in [2.75, 3.05) is 13.2 Å². The van der Waals surface area contributed by atoms with Gasteiger partial charge in [0.15, 0.2) is 24.4 Å². The Morgan fingerprint density at radius 3 is 0.881 bits per heavy atom. The Bertz CT molecular complexity index is 772. The third-order valence-corrected chi connectivity index (χ3v) is 5.70. The molecule has 0 amide bonds. The molecule has 0 heterocycles. The van der Waals surface area contributed by atoms with E-state index in [1.807, 2.05) is 0 Å². The van der Waals surface area contributed by atoms with Crippen molar-refractivity contribution in [3.05, 3.63) is 0 Å². The molecular weight excluding hydrogens is 552 g/mol. The lowest BCUT2D eigenvalue weighted by atomic mass is 10.0. The van der Waals surface area contributed by atoms with Gasteiger partial charge in [0.25, 0.3) is 0 Å². The predicted octanol–water partition coefficient (Wildman–Crippen LogP) is 4.52. The second-order valence-corrected chi connectivity index (χ2v) is 9.83. The van der Waals surface area contributed by atoms with Crippen LogP contribution < -0.4 is 0 Å². The number of ether oxygens (including phenoxy) is 6. The van der Waals surface area contributed by atoms with Gasteiger partial charge in [0.2, 0.25) is 0 Å². The number of carbonyl (C=O) groups excluding carboxylic acids is 6. The van der Waals surface area contributed by atoms with Crippen LogP contribution in [0.25, 0.3) is 0 Å². The maximum atomic E-state index is 12.8. The molecule has 12 heteroatoms. The standard InChI is InChI=1S/C30H50O12/c1-7-13-23(31)37-19-21(39-25(33)15-9-3)29(41-27(35)17-11-5)30(42-28(36)18-12-6)22(40-26(34)16-10-4)20-38-24(32)14-8-2/h21-22,29-30H,7-20H2,1-6H3/t21-,22-,29-,30-/m1/s1. The first-order valence-corrected chi connectivity index (χ1v) is 15.2. The van der Waals surface area contributed by atoms with Gasteiger partial charge in [-0.05, 0) is 38.5 Å². The molecule has 0 fully saturated rings. The molecular formula is C30H50O12. The molecule has 0 saturated carbocycles. The summed E-state index contributed by atoms with van der Waals surface area (Å²) in [7, 11) is 0. The van der Waals surface area contributed by atoms with Crippen LogP contribution in [-0.2, 0) is 57.2 Å². The van der Waals surface area contributed by atoms with Crippen molar-refractivity contribution in [1.29, 1.82) is 0 Å². The Labute approximate surface area is 249 Å². The first-order valence-electron chi connectivity index (χ1n) is 15.2. The van der Waals surface area contributed by atoms with E-state index in [9.17, 15) is 28.8 Å². The highest BCUT2D eigenvalue weighted by Crippen LogP contribution is 2.23. The topological polar surface area (TPSA) is 158 Å². The van der Waals surface area contributed by atoms with Crippen LogP contribution in [0.2, 0.25) is 0 Å². The van der Waals surface area contributed by atoms with Gasteiger partial charge in [-0.1, -0.05) is 41.5 Å². The molecule has 0 aromatic rings. The molecule has 0 aromatic heterocycles. The van der Waals surface area contributed by atoms with Crippen LogP contribution >= 0.6 is 0 Å². The highest BCUT2D eigenvalue weighted by atomic mass is 16.6. The van der Waals surface area contributed by atoms with Crippen molar-refractivity contribution in [2.45, 2.75) is 143 Å². The zero-order valence-electron chi connectivity index (χ0n) is 26.1. The number of carbonyl (C=O) groups is 6. The molecule has 42 heavy (non-hydrogen) atoms. The van der Waals surface area contributed by atoms with E-state index in [1.165, 1.54) is 0 Å². The van der Waals surface area contributed by atoms with Crippen molar-refractivity contribution in [3.8, 4) is 0 Å². The monoisotopic (exact) mass is 602 g/mol. The maximum Gasteiger partial charge on any atom is 0.306 e. The smallest absolute Gasteiger partial charge is 0.306 e. The fourth-order valence-corrected chi connectivity index (χ4v) is 3.70. The van der Waals surface area contributed by atoms with E-state index in [-0.39, 0.29) is 38.5 Å². The molecule has 0 N–H and O–H groups in total. The van der Waals surface area contributed by atoms with Crippen LogP contribution in [0.3, 0.4) is 0 Å². The van der Waals surface area contributed by atoms with Gasteiger partial charge in [-0.25, -0.2) is 0 Å². The van der Waals surface area contributed by atoms with Gasteiger partial charge in [-0.2, -0.15) is 0 Å². The first kappa shape index (κ1) is 38.8. The Balaban J connectivity index is 6.85. The summed E-state index contributed by atoms with van der Waals surface area (Å²) in [6.45, 7) is 9.56. The summed E-state index contributed by atoms with van der Waals surface area (Å²) in [4.78, 5) is 75.4. The quantitative estimate of drug-likeness (QED) is 0.119. The van der Waals surface area contributed by atoms with Crippen LogP contribution in [0.5, 0.6) is 0 Å². The van der Waals surface area contributed by atoms with Crippen LogP contribution in [0.4, 0.5) is 0 Å². The third-order valence-electron chi connectivity index (χ3n) is 5.70. The Morgan fingerprint density at radius 1 is 0.381 bits per heavy atom. The minimum absolute atomic E-state index is 0.0128. The summed E-state index contributed by atoms with van der Waals surface area (Å²) in [5, 5.41) is 0. The molecule has 4 atom stereocenters. The summed E-state index contributed by atoms with van der Waals surface area (Å²) < 4.78 is 33.4. The van der Waals surface area contributed by atoms with Crippen molar-refractivity contribution in [2.24, 2.45) is 0 Å². The summed E-state index contributed by atoms with van der Waals surface area (Å²) in [5.74, 6) is -3.91. The van der Waals surface area contributed by atoms with Crippen molar-refractivity contribution >= 4 is 35.8 Å². The molecule has 0 aromatic carbocycles. The minimum Gasteiger partial charge on any atom is -0.462 e. The van der Waals surface area contributed by atoms with Gasteiger partial charge in [-0.15, -0.1) is 0 Å². The van der Waals surface area contributed by atoms with E-state index in [0.29, 0.717) is 38.5 Å². The predicted molar refractivity (Wildman–Crippen MR) is 151 cm³/mol. The van der Waals surface area contributed by atoms with Crippen LogP contribution in [0.1, 0.15) is 119 Å². The minimum atomic E-state index is -1.57. The molecule has 0 radical (unpaired) electrons. The largest absolute Gasteiger partial charge is 0.462 e. The molecule has 12 nitrogen and oxygen atoms in total. The lowest BCUT2D eigenvalue weighted by molar-refractivity contribution is -0.209. The second-order valence-electron chi connectivity index (χ2n) is 9.83. The van der Waals surface area contributed by atoms with E-state index in [4.69, 9.17) is 28.4 Å². The van der Waals surface area contributed by atoms with E-state index in [2.05, 4.69) is 0 Å². The van der Waals surface area contributed by atoms with E-state index in [0.717, 1.165) is 0 Å². The summed E-state index contributed by atoms with van der Waals surface area (Å²) >= 11 is 0. The average Bonchev–Trinajstić information content (AvgIpc) is 2.92. The molecule has 0 spiro atoms. The normalized spacial score (nSPS) is 13.6. The van der Waals surface area contributed by atoms with Gasteiger partial charge in [-0.3, -0.25) is 28.8 Å². The van der Waals surface area contributed by atoms with Crippen molar-refractivity contribution in [1.82, 2.24) is 0 Å². The molecule has 0 aliphatic rings. The fraction of sp³-hybridized carbons (Fsp3) is 0.800. The zero-order chi connectivity index (χ0) is 31.9. The van der Waals surface area contributed by atoms with Crippen LogP contribution in [-0.4, -0.2) is 73.4 Å². The molecule has 242 valence electrons. The molecule has 0 saturated heterocycles. The SMILES string of the molecule is CCCC(=O)OC[C@@H](OC(=O)CCC)[C@@H](OC(=O)CCC)[C@H](OC(=O)CCC)[C@@H](COC(=O)CCC)OC(=O)CCC. The number of hydrogen-bond donors (Lipinski definition) is 0. The van der Waals surface area contributed by atoms with Crippen molar-refractivity contribution < 1.29 is 57.2 Å². The Hall–Kier alpha value is -3.18. The van der Waals surface area contributed by atoms with Gasteiger partial charge >= 0.3 is 35.8 Å². The molecule has 0 aliphatic heterocycles. The van der Waals surface area contributed by atoms with E-state index >= 15 is 0 Å². The average molecular weight is 603 g/mol. The van der Waals surface area contributed by atoms with Gasteiger partial charge in [0.1, 0.15) is 13.2 Å². The van der Waals surface area contributed by atoms with Crippen LogP contribution in [0, 0.1) is 0 Å². The van der Waals surface area contributed by atoms with Gasteiger partial charge in [0, 0.05) is 38.5 Å². The highest BCUT2D eigenvalue weighted by Gasteiger charge is 2.45. The first-order chi connectivity index (χ1) is 20.1. The lowest BCUT2D eigenvalue weighted by Crippen LogP contribution is -2.54. The Morgan fingerprint density at radius 2 is 0.619 bits per heavy atom. The fourth-order valence-electron chi connectivity index (χ4n) is 3.70. The Kier molecular flexibility index (Phi) is 21.6. The number of esters is 6. The van der Waals surface area contributed by atoms with E-state index < -0.39 is 73.4 Å². The summed E-state index contributed by atoms with van der Waals surface area (Å²) in [5.41, 5.74) is 0. The number of hydrogen-bond acceptors (Lipinski definition) is 12. The van der Waals surface area contributed by atoms with E-state index in [1.54, 1.807) is 41.5 Å². The summed E-state index contributed by atoms with van der Waals surface area (Å²) in [6.07, 6.45) is -3.09. The molecule has 0 rings (SSSR count). The lowest BCUT2D eigenvalue weighted by Gasteiger charge is -2.35. The van der Waals surface area contributed by atoms with Gasteiger partial charge in [0.05, 0.1) is 0 Å². The number of rotatable bonds is 23. The van der Waals surface area contributed by atoms with Gasteiger partial charge < -0.3 is 28.4 Å².